The summed E-state index contributed by atoms with van der Waals surface area (Å²) in [5.74, 6) is 1.49. The van der Waals surface area contributed by atoms with Gasteiger partial charge in [0.25, 0.3) is 0 Å². The van der Waals surface area contributed by atoms with Gasteiger partial charge >= 0.3 is 0 Å². The maximum Gasteiger partial charge on any atom is 0.226 e. The van der Waals surface area contributed by atoms with Crippen molar-refractivity contribution in [3.8, 4) is 17.2 Å². The number of hydrogen-bond acceptors (Lipinski definition) is 5. The third-order valence-electron chi connectivity index (χ3n) is 4.20. The Morgan fingerprint density at radius 3 is 2.61 bits per heavy atom. The molecular weight excluding hydrogens is 290 g/mol. The number of oxazole rings is 1. The van der Waals surface area contributed by atoms with Crippen molar-refractivity contribution in [2.24, 2.45) is 5.73 Å². The highest BCUT2D eigenvalue weighted by Crippen LogP contribution is 2.22. The van der Waals surface area contributed by atoms with Crippen LogP contribution in [-0.4, -0.2) is 36.1 Å². The second-order valence-electron chi connectivity index (χ2n) is 5.98. The summed E-state index contributed by atoms with van der Waals surface area (Å²) >= 11 is 0. The molecule has 2 heterocycles. The van der Waals surface area contributed by atoms with E-state index in [1.165, 1.54) is 32.4 Å². The predicted octanol–water partition coefficient (Wildman–Crippen LogP) is 3.06. The van der Waals surface area contributed by atoms with Crippen molar-refractivity contribution in [1.29, 1.82) is 0 Å². The van der Waals surface area contributed by atoms with Crippen LogP contribution in [-0.2, 0) is 6.54 Å². The van der Waals surface area contributed by atoms with E-state index in [0.29, 0.717) is 12.4 Å². The zero-order valence-electron chi connectivity index (χ0n) is 13.5. The van der Waals surface area contributed by atoms with Crippen LogP contribution in [0, 0.1) is 0 Å². The van der Waals surface area contributed by atoms with Gasteiger partial charge in [-0.2, -0.15) is 0 Å². The quantitative estimate of drug-likeness (QED) is 0.796. The highest BCUT2D eigenvalue weighted by atomic mass is 16.5. The van der Waals surface area contributed by atoms with Gasteiger partial charge in [0.2, 0.25) is 5.89 Å². The molecule has 1 aromatic carbocycles. The first-order valence-corrected chi connectivity index (χ1v) is 8.45. The molecule has 0 radical (unpaired) electrons. The number of benzene rings is 1. The lowest BCUT2D eigenvalue weighted by molar-refractivity contribution is 0.205. The van der Waals surface area contributed by atoms with Crippen molar-refractivity contribution in [2.75, 3.05) is 26.2 Å². The van der Waals surface area contributed by atoms with Gasteiger partial charge in [-0.3, -0.25) is 0 Å². The number of piperidine rings is 1. The topological polar surface area (TPSA) is 64.5 Å². The molecule has 2 aromatic rings. The molecule has 0 unspecified atom stereocenters. The fraction of sp³-hybridized carbons (Fsp3) is 0.500. The Balaban J connectivity index is 1.44. The van der Waals surface area contributed by atoms with Crippen LogP contribution in [0.15, 0.2) is 34.9 Å². The van der Waals surface area contributed by atoms with Crippen molar-refractivity contribution in [3.05, 3.63) is 36.2 Å². The van der Waals surface area contributed by atoms with Crippen LogP contribution in [0.1, 0.15) is 31.4 Å². The first-order valence-electron chi connectivity index (χ1n) is 8.45. The maximum absolute atomic E-state index is 5.82. The van der Waals surface area contributed by atoms with E-state index in [9.17, 15) is 0 Å². The Kier molecular flexibility index (Phi) is 5.66. The van der Waals surface area contributed by atoms with E-state index < -0.39 is 0 Å². The molecule has 3 rings (SSSR count). The number of likely N-dealkylation sites (tertiary alicyclic amines) is 1. The van der Waals surface area contributed by atoms with Crippen LogP contribution >= 0.6 is 0 Å². The summed E-state index contributed by atoms with van der Waals surface area (Å²) in [4.78, 5) is 6.85. The summed E-state index contributed by atoms with van der Waals surface area (Å²) in [6, 6.07) is 7.85. The lowest BCUT2D eigenvalue weighted by atomic mass is 10.1. The predicted molar refractivity (Wildman–Crippen MR) is 90.2 cm³/mol. The Morgan fingerprint density at radius 2 is 1.91 bits per heavy atom. The van der Waals surface area contributed by atoms with Gasteiger partial charge in [-0.1, -0.05) is 6.42 Å². The van der Waals surface area contributed by atoms with Crippen LogP contribution < -0.4 is 10.5 Å². The van der Waals surface area contributed by atoms with E-state index in [4.69, 9.17) is 14.9 Å². The van der Waals surface area contributed by atoms with Gasteiger partial charge in [-0.05, 0) is 56.6 Å². The molecule has 1 fully saturated rings. The minimum absolute atomic E-state index is 0.391. The van der Waals surface area contributed by atoms with Crippen molar-refractivity contribution in [2.45, 2.75) is 32.2 Å². The van der Waals surface area contributed by atoms with Gasteiger partial charge in [0.05, 0.1) is 12.3 Å². The highest BCUT2D eigenvalue weighted by molar-refractivity contribution is 5.54. The number of rotatable bonds is 7. The molecule has 0 bridgehead atoms. The summed E-state index contributed by atoms with van der Waals surface area (Å²) in [7, 11) is 0. The van der Waals surface area contributed by atoms with Crippen molar-refractivity contribution < 1.29 is 9.15 Å². The Morgan fingerprint density at radius 1 is 1.13 bits per heavy atom. The minimum Gasteiger partial charge on any atom is -0.494 e. The molecule has 5 heteroatoms. The Hall–Kier alpha value is -1.85. The molecular formula is C18H25N3O2. The number of hydrogen-bond donors (Lipinski definition) is 1. The molecule has 1 saturated heterocycles. The van der Waals surface area contributed by atoms with Gasteiger partial charge in [0.1, 0.15) is 12.0 Å². The molecule has 0 saturated carbocycles. The van der Waals surface area contributed by atoms with Gasteiger partial charge in [-0.15, -0.1) is 0 Å². The zero-order valence-corrected chi connectivity index (χ0v) is 13.5. The van der Waals surface area contributed by atoms with E-state index in [1.807, 2.05) is 24.3 Å². The van der Waals surface area contributed by atoms with Gasteiger partial charge < -0.3 is 19.8 Å². The van der Waals surface area contributed by atoms with Crippen LogP contribution in [0.5, 0.6) is 5.75 Å². The van der Waals surface area contributed by atoms with Crippen molar-refractivity contribution >= 4 is 0 Å². The molecule has 0 amide bonds. The van der Waals surface area contributed by atoms with Crippen LogP contribution in [0.2, 0.25) is 0 Å². The summed E-state index contributed by atoms with van der Waals surface area (Å²) in [6.45, 7) is 4.77. The molecule has 1 aromatic heterocycles. The van der Waals surface area contributed by atoms with E-state index >= 15 is 0 Å². The van der Waals surface area contributed by atoms with Crippen LogP contribution in [0.25, 0.3) is 11.5 Å². The van der Waals surface area contributed by atoms with E-state index in [0.717, 1.165) is 36.6 Å². The summed E-state index contributed by atoms with van der Waals surface area (Å²) in [5, 5.41) is 0. The Bertz CT molecular complexity index is 589. The average molecular weight is 315 g/mol. The fourth-order valence-electron chi connectivity index (χ4n) is 2.89. The van der Waals surface area contributed by atoms with Crippen molar-refractivity contribution in [1.82, 2.24) is 9.88 Å². The monoisotopic (exact) mass is 315 g/mol. The normalized spacial score (nSPS) is 15.7. The van der Waals surface area contributed by atoms with E-state index in [1.54, 1.807) is 6.26 Å². The molecule has 124 valence electrons. The summed E-state index contributed by atoms with van der Waals surface area (Å²) in [6.07, 6.45) is 6.74. The lowest BCUT2D eigenvalue weighted by Gasteiger charge is -2.26. The largest absolute Gasteiger partial charge is 0.494 e. The smallest absolute Gasteiger partial charge is 0.226 e. The highest BCUT2D eigenvalue weighted by Gasteiger charge is 2.09. The van der Waals surface area contributed by atoms with E-state index in [-0.39, 0.29) is 0 Å². The molecule has 23 heavy (non-hydrogen) atoms. The second kappa shape index (κ2) is 8.13. The molecule has 2 N–H and O–H groups in total. The van der Waals surface area contributed by atoms with Gasteiger partial charge in [-0.25, -0.2) is 4.98 Å². The SMILES string of the molecule is NCc1coc(-c2ccc(OCCCN3CCCCC3)cc2)n1. The molecule has 5 nitrogen and oxygen atoms in total. The van der Waals surface area contributed by atoms with Crippen molar-refractivity contribution in [3.63, 3.8) is 0 Å². The maximum atomic E-state index is 5.82. The number of nitrogens with two attached hydrogens (primary N) is 1. The van der Waals surface area contributed by atoms with E-state index in [2.05, 4.69) is 9.88 Å². The Labute approximate surface area is 137 Å². The number of ether oxygens (including phenoxy) is 1. The standard InChI is InChI=1S/C18H25N3O2/c19-13-16-14-23-18(20-16)15-5-7-17(8-6-15)22-12-4-11-21-9-2-1-3-10-21/h5-8,14H,1-4,9-13,19H2. The molecule has 0 aliphatic carbocycles. The first kappa shape index (κ1) is 16.0. The van der Waals surface area contributed by atoms with Gasteiger partial charge in [0, 0.05) is 18.7 Å². The summed E-state index contributed by atoms with van der Waals surface area (Å²) < 4.78 is 11.2. The van der Waals surface area contributed by atoms with Crippen LogP contribution in [0.4, 0.5) is 0 Å². The fourth-order valence-corrected chi connectivity index (χ4v) is 2.89. The van der Waals surface area contributed by atoms with Gasteiger partial charge in [0.15, 0.2) is 0 Å². The molecule has 0 atom stereocenters. The minimum atomic E-state index is 0.391. The second-order valence-corrected chi connectivity index (χ2v) is 5.98. The first-order chi connectivity index (χ1) is 11.3. The zero-order chi connectivity index (χ0) is 15.9. The third-order valence-corrected chi connectivity index (χ3v) is 4.20. The number of nitrogens with zero attached hydrogens (tertiary/aromatic N) is 2. The summed E-state index contributed by atoms with van der Waals surface area (Å²) in [5.41, 5.74) is 7.24. The average Bonchev–Trinajstić information content (AvgIpc) is 3.09. The van der Waals surface area contributed by atoms with Crippen LogP contribution in [0.3, 0.4) is 0 Å². The molecule has 1 aliphatic heterocycles. The molecule has 1 aliphatic rings. The molecule has 0 spiro atoms. The lowest BCUT2D eigenvalue weighted by Crippen LogP contribution is -2.31. The third kappa shape index (κ3) is 4.56. The number of aromatic nitrogens is 1.